The van der Waals surface area contributed by atoms with E-state index in [1.807, 2.05) is 38.1 Å². The summed E-state index contributed by atoms with van der Waals surface area (Å²) >= 11 is 1.15. The minimum Gasteiger partial charge on any atom is -0.321 e. The predicted molar refractivity (Wildman–Crippen MR) is 129 cm³/mol. The first-order chi connectivity index (χ1) is 15.8. The molecule has 8 nitrogen and oxygen atoms in total. The number of rotatable bonds is 7. The Kier molecular flexibility index (Phi) is 6.30. The van der Waals surface area contributed by atoms with E-state index in [0.29, 0.717) is 11.4 Å². The molecule has 0 aliphatic rings. The van der Waals surface area contributed by atoms with Crippen LogP contribution in [0.1, 0.15) is 17.0 Å². The van der Waals surface area contributed by atoms with Crippen LogP contribution >= 0.6 is 11.3 Å². The second-order valence-electron chi connectivity index (χ2n) is 7.48. The van der Waals surface area contributed by atoms with Gasteiger partial charge in [-0.3, -0.25) is 4.79 Å². The Balaban J connectivity index is 1.61. The Morgan fingerprint density at radius 1 is 1.06 bits per heavy atom. The number of aromatic nitrogens is 3. The molecule has 4 aromatic rings. The first-order valence-electron chi connectivity index (χ1n) is 10.2. The highest BCUT2D eigenvalue weighted by atomic mass is 32.2. The smallest absolute Gasteiger partial charge is 0.266 e. The third-order valence-electron chi connectivity index (χ3n) is 5.09. The predicted octanol–water partition coefficient (Wildman–Crippen LogP) is 4.09. The zero-order chi connectivity index (χ0) is 23.6. The molecule has 1 amide bonds. The van der Waals surface area contributed by atoms with Crippen LogP contribution in [0.2, 0.25) is 0 Å². The number of nitrogens with zero attached hydrogens (tertiary/aromatic N) is 4. The van der Waals surface area contributed by atoms with Crippen molar-refractivity contribution in [1.82, 2.24) is 14.8 Å². The van der Waals surface area contributed by atoms with Gasteiger partial charge in [-0.1, -0.05) is 35.9 Å². The molecule has 0 radical (unpaired) electrons. The van der Waals surface area contributed by atoms with Crippen molar-refractivity contribution in [2.45, 2.75) is 25.7 Å². The Morgan fingerprint density at radius 2 is 1.76 bits per heavy atom. The van der Waals surface area contributed by atoms with Crippen molar-refractivity contribution in [3.05, 3.63) is 83.1 Å². The summed E-state index contributed by atoms with van der Waals surface area (Å²) < 4.78 is 29.3. The molecule has 0 bridgehead atoms. The van der Waals surface area contributed by atoms with Gasteiger partial charge in [-0.05, 0) is 45.0 Å². The van der Waals surface area contributed by atoms with Gasteiger partial charge in [0.15, 0.2) is 5.13 Å². The topological polar surface area (TPSA) is 97.2 Å². The van der Waals surface area contributed by atoms with Gasteiger partial charge in [-0.15, -0.1) is 11.3 Å². The Hall–Kier alpha value is -3.50. The molecule has 33 heavy (non-hydrogen) atoms. The lowest BCUT2D eigenvalue weighted by molar-refractivity contribution is -0.114. The molecular weight excluding hydrogens is 458 g/mol. The van der Waals surface area contributed by atoms with Crippen molar-refractivity contribution in [1.29, 1.82) is 0 Å². The zero-order valence-electron chi connectivity index (χ0n) is 18.4. The number of hydrogen-bond donors (Lipinski definition) is 1. The number of aryl methyl sites for hydroxylation is 2. The van der Waals surface area contributed by atoms with E-state index in [9.17, 15) is 13.2 Å². The molecule has 0 aliphatic heterocycles. The molecule has 0 spiro atoms. The van der Waals surface area contributed by atoms with E-state index < -0.39 is 22.5 Å². The summed E-state index contributed by atoms with van der Waals surface area (Å²) in [5.74, 6) is -0.487. The zero-order valence-corrected chi connectivity index (χ0v) is 20.0. The van der Waals surface area contributed by atoms with Crippen LogP contribution in [0, 0.1) is 20.8 Å². The molecule has 2 aromatic carbocycles. The quantitative estimate of drug-likeness (QED) is 0.429. The number of carbonyl (C=O) groups is 1. The average molecular weight is 482 g/mol. The van der Waals surface area contributed by atoms with Crippen molar-refractivity contribution >= 4 is 38.1 Å². The summed E-state index contributed by atoms with van der Waals surface area (Å²) in [6, 6.07) is 15.9. The van der Waals surface area contributed by atoms with E-state index in [0.717, 1.165) is 32.6 Å². The van der Waals surface area contributed by atoms with Crippen LogP contribution in [-0.4, -0.2) is 35.6 Å². The normalized spacial score (nSPS) is 11.4. The Labute approximate surface area is 196 Å². The highest BCUT2D eigenvalue weighted by Gasteiger charge is 2.29. The number of amides is 1. The maximum Gasteiger partial charge on any atom is 0.266 e. The number of nitrogens with one attached hydrogen (secondary N) is 1. The summed E-state index contributed by atoms with van der Waals surface area (Å²) in [5, 5.41) is 9.28. The number of carbonyl (C=O) groups excluding carboxylic acids is 1. The molecule has 0 fully saturated rings. The molecule has 0 aliphatic carbocycles. The minimum absolute atomic E-state index is 0.0903. The van der Waals surface area contributed by atoms with Crippen LogP contribution in [-0.2, 0) is 14.8 Å². The number of thiazole rings is 1. The third kappa shape index (κ3) is 4.67. The third-order valence-corrected chi connectivity index (χ3v) is 7.75. The Bertz CT molecular complexity index is 1360. The van der Waals surface area contributed by atoms with E-state index in [1.165, 1.54) is 18.3 Å². The molecule has 1 N–H and O–H groups in total. The van der Waals surface area contributed by atoms with Gasteiger partial charge >= 0.3 is 0 Å². The number of anilines is 2. The van der Waals surface area contributed by atoms with E-state index >= 15 is 0 Å². The van der Waals surface area contributed by atoms with Gasteiger partial charge in [0, 0.05) is 11.6 Å². The summed E-state index contributed by atoms with van der Waals surface area (Å²) in [4.78, 5) is 17.2. The first kappa shape index (κ1) is 22.7. The molecule has 0 saturated carbocycles. The molecule has 170 valence electrons. The van der Waals surface area contributed by atoms with Gasteiger partial charge in [0.25, 0.3) is 10.0 Å². The van der Waals surface area contributed by atoms with Crippen LogP contribution in [0.4, 0.5) is 10.8 Å². The summed E-state index contributed by atoms with van der Waals surface area (Å²) in [6.07, 6.45) is 1.51. The summed E-state index contributed by atoms with van der Waals surface area (Å²) in [7, 11) is -3.97. The van der Waals surface area contributed by atoms with E-state index in [-0.39, 0.29) is 10.0 Å². The second kappa shape index (κ2) is 9.16. The second-order valence-corrected chi connectivity index (χ2v) is 10.2. The van der Waals surface area contributed by atoms with Gasteiger partial charge in [0.1, 0.15) is 6.54 Å². The first-order valence-corrected chi connectivity index (χ1v) is 12.5. The lowest BCUT2D eigenvalue weighted by atomic mass is 10.2. The van der Waals surface area contributed by atoms with Gasteiger partial charge in [-0.2, -0.15) is 5.10 Å². The fourth-order valence-electron chi connectivity index (χ4n) is 3.38. The van der Waals surface area contributed by atoms with Crippen LogP contribution < -0.4 is 9.62 Å². The molecule has 2 heterocycles. The fraction of sp³-hybridized carbons (Fsp3) is 0.174. The maximum atomic E-state index is 13.3. The average Bonchev–Trinajstić information content (AvgIpc) is 3.43. The molecule has 10 heteroatoms. The Morgan fingerprint density at radius 3 is 2.39 bits per heavy atom. The summed E-state index contributed by atoms with van der Waals surface area (Å²) in [6.45, 7) is 5.25. The largest absolute Gasteiger partial charge is 0.321 e. The molecule has 0 atom stereocenters. The number of hydrogen-bond acceptors (Lipinski definition) is 6. The van der Waals surface area contributed by atoms with Crippen LogP contribution in [0.25, 0.3) is 5.69 Å². The summed E-state index contributed by atoms with van der Waals surface area (Å²) in [5.41, 5.74) is 3.94. The van der Waals surface area contributed by atoms with Crippen LogP contribution in [0.5, 0.6) is 0 Å². The standard InChI is InChI=1S/C23H23N5O3S2/c1-16-9-11-19(12-10-16)28-18(3)22(17(2)26-28)25-21(29)15-27(23-24-13-14-32-23)33(30,31)20-7-5-4-6-8-20/h4-14H,15H2,1-3H3,(H,25,29). The van der Waals surface area contributed by atoms with Crippen molar-refractivity contribution in [3.8, 4) is 5.69 Å². The van der Waals surface area contributed by atoms with Crippen molar-refractivity contribution in [2.24, 2.45) is 0 Å². The van der Waals surface area contributed by atoms with Crippen molar-refractivity contribution in [3.63, 3.8) is 0 Å². The number of benzene rings is 2. The molecule has 2 aromatic heterocycles. The lowest BCUT2D eigenvalue weighted by Crippen LogP contribution is -2.38. The maximum absolute atomic E-state index is 13.3. The van der Waals surface area contributed by atoms with Gasteiger partial charge in [0.2, 0.25) is 5.91 Å². The van der Waals surface area contributed by atoms with Gasteiger partial charge < -0.3 is 5.32 Å². The minimum atomic E-state index is -3.97. The van der Waals surface area contributed by atoms with E-state index in [1.54, 1.807) is 35.2 Å². The molecular formula is C23H23N5O3S2. The molecule has 4 rings (SSSR count). The molecule has 0 saturated heterocycles. The highest BCUT2D eigenvalue weighted by Crippen LogP contribution is 2.27. The van der Waals surface area contributed by atoms with E-state index in [2.05, 4.69) is 15.4 Å². The number of sulfonamides is 1. The van der Waals surface area contributed by atoms with Crippen LogP contribution in [0.15, 0.2) is 71.1 Å². The molecule has 0 unspecified atom stereocenters. The van der Waals surface area contributed by atoms with Crippen molar-refractivity contribution in [2.75, 3.05) is 16.2 Å². The van der Waals surface area contributed by atoms with Gasteiger partial charge in [0.05, 0.1) is 27.7 Å². The highest BCUT2D eigenvalue weighted by molar-refractivity contribution is 7.93. The lowest BCUT2D eigenvalue weighted by Gasteiger charge is -2.21. The van der Waals surface area contributed by atoms with Crippen molar-refractivity contribution < 1.29 is 13.2 Å². The SMILES string of the molecule is Cc1ccc(-n2nc(C)c(NC(=O)CN(c3nccs3)S(=O)(=O)c3ccccc3)c2C)cc1. The monoisotopic (exact) mass is 481 g/mol. The van der Waals surface area contributed by atoms with E-state index in [4.69, 9.17) is 0 Å². The fourth-order valence-corrected chi connectivity index (χ4v) is 5.65. The van der Waals surface area contributed by atoms with Gasteiger partial charge in [-0.25, -0.2) is 22.4 Å². The van der Waals surface area contributed by atoms with Crippen LogP contribution in [0.3, 0.4) is 0 Å².